The lowest BCUT2D eigenvalue weighted by molar-refractivity contribution is -0.251. The number of cyclic esters (lactones) is 1. The van der Waals surface area contributed by atoms with Crippen molar-refractivity contribution in [2.24, 2.45) is 5.92 Å². The Kier molecular flexibility index (Phi) is 4.05. The minimum atomic E-state index is -0.773. The second-order valence-electron chi connectivity index (χ2n) is 5.62. The maximum atomic E-state index is 12.4. The van der Waals surface area contributed by atoms with Gasteiger partial charge >= 0.3 is 5.97 Å². The smallest absolute Gasteiger partial charge is 0.305 e. The van der Waals surface area contributed by atoms with Crippen molar-refractivity contribution in [3.8, 4) is 0 Å². The first-order valence-corrected chi connectivity index (χ1v) is 7.26. The van der Waals surface area contributed by atoms with Crippen molar-refractivity contribution in [2.75, 3.05) is 26.4 Å². The highest BCUT2D eigenvalue weighted by Gasteiger charge is 2.48. The number of ether oxygens (including phenoxy) is 4. The van der Waals surface area contributed by atoms with Crippen LogP contribution in [0, 0.1) is 5.92 Å². The first-order valence-electron chi connectivity index (χ1n) is 7.26. The van der Waals surface area contributed by atoms with Crippen molar-refractivity contribution in [1.29, 1.82) is 0 Å². The molecule has 0 aromatic carbocycles. The summed E-state index contributed by atoms with van der Waals surface area (Å²) in [4.78, 5) is 23.9. The molecule has 0 bridgehead atoms. The number of esters is 1. The Balaban J connectivity index is 1.72. The second-order valence-corrected chi connectivity index (χ2v) is 5.62. The van der Waals surface area contributed by atoms with Gasteiger partial charge in [-0.2, -0.15) is 0 Å². The normalized spacial score (nSPS) is 34.6. The van der Waals surface area contributed by atoms with E-state index in [2.05, 4.69) is 0 Å². The zero-order valence-corrected chi connectivity index (χ0v) is 11.5. The molecule has 6 heteroatoms. The lowest BCUT2D eigenvalue weighted by atomic mass is 9.85. The number of rotatable bonds is 0. The van der Waals surface area contributed by atoms with Gasteiger partial charge in [0.15, 0.2) is 5.79 Å². The van der Waals surface area contributed by atoms with Crippen LogP contribution in [0.4, 0.5) is 0 Å². The molecule has 0 radical (unpaired) electrons. The van der Waals surface area contributed by atoms with Crippen LogP contribution in [0.1, 0.15) is 32.1 Å². The third-order valence-electron chi connectivity index (χ3n) is 4.19. The fourth-order valence-electron chi connectivity index (χ4n) is 3.06. The highest BCUT2D eigenvalue weighted by Crippen LogP contribution is 2.36. The number of carbonyl (C=O) groups is 2. The van der Waals surface area contributed by atoms with Gasteiger partial charge in [0, 0.05) is 19.3 Å². The van der Waals surface area contributed by atoms with Gasteiger partial charge in [-0.3, -0.25) is 9.59 Å². The number of carbonyl (C=O) groups excluding carboxylic acids is 2. The molecule has 0 unspecified atom stereocenters. The zero-order valence-electron chi connectivity index (χ0n) is 11.5. The molecule has 0 aromatic heterocycles. The molecular formula is C14H20O6. The summed E-state index contributed by atoms with van der Waals surface area (Å²) in [6.45, 7) is 1.50. The molecule has 3 aliphatic heterocycles. The van der Waals surface area contributed by atoms with Gasteiger partial charge in [-0.25, -0.2) is 0 Å². The Bertz CT molecular complexity index is 387. The van der Waals surface area contributed by atoms with E-state index in [0.717, 1.165) is 0 Å². The molecular weight excluding hydrogens is 264 g/mol. The fourth-order valence-corrected chi connectivity index (χ4v) is 3.06. The molecule has 0 aliphatic carbocycles. The number of hydrogen-bond acceptors (Lipinski definition) is 6. The van der Waals surface area contributed by atoms with Gasteiger partial charge in [-0.15, -0.1) is 0 Å². The van der Waals surface area contributed by atoms with Gasteiger partial charge in [0.2, 0.25) is 0 Å². The van der Waals surface area contributed by atoms with E-state index in [1.807, 2.05) is 0 Å². The minimum absolute atomic E-state index is 0.144. The van der Waals surface area contributed by atoms with Crippen LogP contribution in [0.5, 0.6) is 0 Å². The van der Waals surface area contributed by atoms with Crippen molar-refractivity contribution in [1.82, 2.24) is 0 Å². The quantitative estimate of drug-likeness (QED) is 0.613. The van der Waals surface area contributed by atoms with Crippen molar-refractivity contribution < 1.29 is 28.5 Å². The van der Waals surface area contributed by atoms with Crippen LogP contribution in [0.25, 0.3) is 0 Å². The van der Waals surface area contributed by atoms with Crippen LogP contribution in [0.3, 0.4) is 0 Å². The molecule has 3 fully saturated rings. The van der Waals surface area contributed by atoms with E-state index < -0.39 is 5.79 Å². The summed E-state index contributed by atoms with van der Waals surface area (Å²) in [7, 11) is 0. The molecule has 3 saturated heterocycles. The molecule has 20 heavy (non-hydrogen) atoms. The van der Waals surface area contributed by atoms with Crippen molar-refractivity contribution in [3.05, 3.63) is 0 Å². The number of ketones is 1. The van der Waals surface area contributed by atoms with E-state index in [4.69, 9.17) is 18.9 Å². The Morgan fingerprint density at radius 1 is 1.05 bits per heavy atom. The van der Waals surface area contributed by atoms with Gasteiger partial charge in [-0.05, 0) is 12.8 Å². The topological polar surface area (TPSA) is 71.1 Å². The average Bonchev–Trinajstić information content (AvgIpc) is 2.90. The predicted molar refractivity (Wildman–Crippen MR) is 66.9 cm³/mol. The van der Waals surface area contributed by atoms with Crippen molar-refractivity contribution in [2.45, 2.75) is 44.0 Å². The van der Waals surface area contributed by atoms with E-state index in [0.29, 0.717) is 51.9 Å². The highest BCUT2D eigenvalue weighted by atomic mass is 16.8. The summed E-state index contributed by atoms with van der Waals surface area (Å²) >= 11 is 0. The van der Waals surface area contributed by atoms with Crippen LogP contribution in [-0.2, 0) is 28.5 Å². The van der Waals surface area contributed by atoms with Crippen LogP contribution in [-0.4, -0.2) is 50.1 Å². The molecule has 2 atom stereocenters. The Morgan fingerprint density at radius 2 is 1.80 bits per heavy atom. The Labute approximate surface area is 117 Å². The standard InChI is InChI=1S/C14H20O6/c15-11-3-1-2-4-13(16)17-8-12-10(11)7-14(9-18-12)19-5-6-20-14/h10,12H,1-9H2/t10-,12-/m1/s1. The first kappa shape index (κ1) is 14.0. The summed E-state index contributed by atoms with van der Waals surface area (Å²) in [6.07, 6.45) is 2.39. The maximum absolute atomic E-state index is 12.4. The van der Waals surface area contributed by atoms with Gasteiger partial charge < -0.3 is 18.9 Å². The molecule has 0 amide bonds. The summed E-state index contributed by atoms with van der Waals surface area (Å²) < 4.78 is 22.2. The van der Waals surface area contributed by atoms with Gasteiger partial charge in [0.05, 0.1) is 19.1 Å². The van der Waals surface area contributed by atoms with Gasteiger partial charge in [-0.1, -0.05) is 0 Å². The molecule has 0 aromatic rings. The molecule has 3 heterocycles. The summed E-state index contributed by atoms with van der Waals surface area (Å²) in [5, 5.41) is 0. The average molecular weight is 284 g/mol. The molecule has 1 spiro atoms. The number of hydrogen-bond donors (Lipinski definition) is 0. The van der Waals surface area contributed by atoms with Crippen molar-refractivity contribution in [3.63, 3.8) is 0 Å². The van der Waals surface area contributed by atoms with Crippen LogP contribution in [0.15, 0.2) is 0 Å². The number of fused-ring (bicyclic) bond motifs is 1. The van der Waals surface area contributed by atoms with Crippen molar-refractivity contribution >= 4 is 11.8 Å². The largest absolute Gasteiger partial charge is 0.463 e. The summed E-state index contributed by atoms with van der Waals surface area (Å²) in [5.74, 6) is -1.14. The van der Waals surface area contributed by atoms with Gasteiger partial charge in [0.25, 0.3) is 0 Å². The van der Waals surface area contributed by atoms with Crippen LogP contribution < -0.4 is 0 Å². The van der Waals surface area contributed by atoms with E-state index in [9.17, 15) is 9.59 Å². The molecule has 0 N–H and O–H groups in total. The first-order chi connectivity index (χ1) is 9.69. The molecule has 112 valence electrons. The second kappa shape index (κ2) is 5.79. The van der Waals surface area contributed by atoms with Gasteiger partial charge in [0.1, 0.15) is 25.1 Å². The predicted octanol–water partition coefficient (Wildman–Crippen LogP) is 0.821. The Hall–Kier alpha value is -0.980. The lowest BCUT2D eigenvalue weighted by Crippen LogP contribution is -2.51. The molecule has 0 saturated carbocycles. The third-order valence-corrected chi connectivity index (χ3v) is 4.19. The lowest BCUT2D eigenvalue weighted by Gasteiger charge is -2.40. The molecule has 3 aliphatic rings. The van der Waals surface area contributed by atoms with E-state index in [1.165, 1.54) is 0 Å². The summed E-state index contributed by atoms with van der Waals surface area (Å²) in [5.41, 5.74) is 0. The molecule has 6 nitrogen and oxygen atoms in total. The summed E-state index contributed by atoms with van der Waals surface area (Å²) in [6, 6.07) is 0. The van der Waals surface area contributed by atoms with E-state index >= 15 is 0 Å². The SMILES string of the molecule is O=C1CCCCC(=O)[C@H]2CC3(CO[C@@H]2CO1)OCCO3. The monoisotopic (exact) mass is 284 g/mol. The van der Waals surface area contributed by atoms with Crippen LogP contribution in [0.2, 0.25) is 0 Å². The third kappa shape index (κ3) is 2.87. The minimum Gasteiger partial charge on any atom is -0.463 e. The number of Topliss-reactive ketones (excluding diaryl/α,β-unsaturated/α-hetero) is 1. The molecule has 3 rings (SSSR count). The zero-order chi connectivity index (χ0) is 14.0. The highest BCUT2D eigenvalue weighted by molar-refractivity contribution is 5.82. The van der Waals surface area contributed by atoms with E-state index in [1.54, 1.807) is 0 Å². The fraction of sp³-hybridized carbons (Fsp3) is 0.857. The maximum Gasteiger partial charge on any atom is 0.305 e. The van der Waals surface area contributed by atoms with E-state index in [-0.39, 0.29) is 30.4 Å². The van der Waals surface area contributed by atoms with Crippen LogP contribution >= 0.6 is 0 Å². The Morgan fingerprint density at radius 3 is 2.60 bits per heavy atom.